The van der Waals surface area contributed by atoms with Crippen molar-refractivity contribution in [1.29, 1.82) is 5.41 Å². The van der Waals surface area contributed by atoms with Crippen molar-refractivity contribution >= 4 is 23.2 Å². The van der Waals surface area contributed by atoms with E-state index in [9.17, 15) is 0 Å². The minimum Gasteiger partial charge on any atom is -0.398 e. The van der Waals surface area contributed by atoms with Crippen molar-refractivity contribution in [3.8, 4) is 0 Å². The SMILES string of the molecule is C=C1Nc2cc(N)c(C(=N)c3ccnc(C)c3)cc2C=C1C1CCCN(Cc2ccccc2)C1. The average molecular weight is 450 g/mol. The van der Waals surface area contributed by atoms with Crippen LogP contribution in [0.3, 0.4) is 0 Å². The number of hydrogen-bond acceptors (Lipinski definition) is 5. The minimum absolute atomic E-state index is 0.414. The molecular weight excluding hydrogens is 418 g/mol. The Bertz CT molecular complexity index is 1270. The largest absolute Gasteiger partial charge is 0.398 e. The van der Waals surface area contributed by atoms with Crippen LogP contribution >= 0.6 is 0 Å². The molecule has 5 nitrogen and oxygen atoms in total. The molecule has 172 valence electrons. The number of nitrogen functional groups attached to an aromatic ring is 1. The lowest BCUT2D eigenvalue weighted by Gasteiger charge is -2.36. The Morgan fingerprint density at radius 1 is 1.21 bits per heavy atom. The molecule has 0 amide bonds. The standard InChI is InChI=1S/C29H31N5/c1-19-13-22(10-11-32-19)29(31)26-15-24-14-25(20(2)33-28(24)16-27(26)30)23-9-6-12-34(18-23)17-21-7-4-3-5-8-21/h3-5,7-8,10-11,13-16,23,31,33H,2,6,9,12,17-18,30H2,1H3. The smallest absolute Gasteiger partial charge is 0.0706 e. The van der Waals surface area contributed by atoms with Gasteiger partial charge in [-0.3, -0.25) is 15.3 Å². The van der Waals surface area contributed by atoms with Gasteiger partial charge in [0.2, 0.25) is 0 Å². The van der Waals surface area contributed by atoms with Gasteiger partial charge in [-0.1, -0.05) is 36.9 Å². The summed E-state index contributed by atoms with van der Waals surface area (Å²) in [5.74, 6) is 0.425. The van der Waals surface area contributed by atoms with Crippen molar-refractivity contribution in [2.75, 3.05) is 24.1 Å². The van der Waals surface area contributed by atoms with Crippen molar-refractivity contribution in [2.24, 2.45) is 5.92 Å². The van der Waals surface area contributed by atoms with Crippen LogP contribution < -0.4 is 11.1 Å². The fourth-order valence-electron chi connectivity index (χ4n) is 5.08. The fraction of sp³-hybridized carbons (Fsp3) is 0.241. The summed E-state index contributed by atoms with van der Waals surface area (Å²) in [5.41, 5.74) is 15.4. The van der Waals surface area contributed by atoms with Crippen LogP contribution in [0.2, 0.25) is 0 Å². The summed E-state index contributed by atoms with van der Waals surface area (Å²) >= 11 is 0. The molecule has 0 spiro atoms. The Hall–Kier alpha value is -3.70. The van der Waals surface area contributed by atoms with Gasteiger partial charge in [-0.25, -0.2) is 0 Å². The lowest BCUT2D eigenvalue weighted by molar-refractivity contribution is 0.185. The number of allylic oxidation sites excluding steroid dienone is 1. The highest BCUT2D eigenvalue weighted by atomic mass is 15.1. The number of pyridine rings is 1. The first-order chi connectivity index (χ1) is 16.5. The Labute approximate surface area is 201 Å². The molecule has 2 aliphatic heterocycles. The quantitative estimate of drug-likeness (QED) is 0.349. The second-order valence-electron chi connectivity index (χ2n) is 9.35. The van der Waals surface area contributed by atoms with Crippen LogP contribution in [0, 0.1) is 18.3 Å². The van der Waals surface area contributed by atoms with Crippen LogP contribution in [0.5, 0.6) is 0 Å². The number of nitrogens with zero attached hydrogens (tertiary/aromatic N) is 2. The number of fused-ring (bicyclic) bond motifs is 1. The highest BCUT2D eigenvalue weighted by molar-refractivity contribution is 6.14. The molecule has 4 N–H and O–H groups in total. The first kappa shape index (κ1) is 22.1. The van der Waals surface area contributed by atoms with Crippen molar-refractivity contribution in [2.45, 2.75) is 26.3 Å². The molecule has 5 rings (SSSR count). The monoisotopic (exact) mass is 449 g/mol. The Balaban J connectivity index is 1.41. The number of hydrogen-bond donors (Lipinski definition) is 3. The number of aromatic nitrogens is 1. The van der Waals surface area contributed by atoms with Crippen LogP contribution in [0.25, 0.3) is 6.08 Å². The number of likely N-dealkylation sites (tertiary alicyclic amines) is 1. The summed E-state index contributed by atoms with van der Waals surface area (Å²) in [6, 6.07) is 18.4. The Morgan fingerprint density at radius 3 is 2.82 bits per heavy atom. The first-order valence-corrected chi connectivity index (χ1v) is 11.9. The topological polar surface area (TPSA) is 78.0 Å². The van der Waals surface area contributed by atoms with Crippen LogP contribution in [-0.4, -0.2) is 28.7 Å². The number of anilines is 2. The van der Waals surface area contributed by atoms with Crippen molar-refractivity contribution in [1.82, 2.24) is 9.88 Å². The molecule has 0 aliphatic carbocycles. The van der Waals surface area contributed by atoms with Gasteiger partial charge >= 0.3 is 0 Å². The third-order valence-electron chi connectivity index (χ3n) is 6.82. The molecule has 34 heavy (non-hydrogen) atoms. The average Bonchev–Trinajstić information content (AvgIpc) is 2.84. The lowest BCUT2D eigenvalue weighted by Crippen LogP contribution is -2.36. The lowest BCUT2D eigenvalue weighted by atomic mass is 9.85. The van der Waals surface area contributed by atoms with E-state index in [1.54, 1.807) is 6.20 Å². The van der Waals surface area contributed by atoms with Gasteiger partial charge in [0.1, 0.15) is 0 Å². The van der Waals surface area contributed by atoms with Crippen molar-refractivity contribution in [3.63, 3.8) is 0 Å². The van der Waals surface area contributed by atoms with Crippen LogP contribution in [0.15, 0.2) is 78.6 Å². The van der Waals surface area contributed by atoms with Gasteiger partial charge in [-0.15, -0.1) is 0 Å². The second-order valence-corrected chi connectivity index (χ2v) is 9.35. The zero-order chi connectivity index (χ0) is 23.7. The number of nitrogens with one attached hydrogen (secondary N) is 2. The Morgan fingerprint density at radius 2 is 2.03 bits per heavy atom. The van der Waals surface area contributed by atoms with Crippen LogP contribution in [0.1, 0.15) is 40.8 Å². The minimum atomic E-state index is 0.414. The van der Waals surface area contributed by atoms with Crippen molar-refractivity contribution < 1.29 is 0 Å². The number of piperidine rings is 1. The molecule has 3 heterocycles. The summed E-state index contributed by atoms with van der Waals surface area (Å²) in [5, 5.41) is 12.3. The van der Waals surface area contributed by atoms with E-state index in [4.69, 9.17) is 11.1 Å². The number of nitrogens with two attached hydrogens (primary N) is 1. The molecule has 1 fully saturated rings. The molecule has 2 aliphatic rings. The van der Waals surface area contributed by atoms with Crippen molar-refractivity contribution in [3.05, 3.63) is 107 Å². The van der Waals surface area contributed by atoms with E-state index < -0.39 is 0 Å². The van der Waals surface area contributed by atoms with Crippen LogP contribution in [0.4, 0.5) is 11.4 Å². The summed E-state index contributed by atoms with van der Waals surface area (Å²) in [7, 11) is 0. The van der Waals surface area contributed by atoms with E-state index in [1.807, 2.05) is 31.2 Å². The van der Waals surface area contributed by atoms with E-state index in [0.717, 1.165) is 59.8 Å². The molecule has 0 bridgehead atoms. The Kier molecular flexibility index (Phi) is 6.03. The normalized spacial score (nSPS) is 18.1. The predicted molar refractivity (Wildman–Crippen MR) is 141 cm³/mol. The summed E-state index contributed by atoms with van der Waals surface area (Å²) in [4.78, 5) is 6.79. The highest BCUT2D eigenvalue weighted by Gasteiger charge is 2.27. The van der Waals surface area contributed by atoms with Gasteiger partial charge in [0.25, 0.3) is 0 Å². The highest BCUT2D eigenvalue weighted by Crippen LogP contribution is 2.38. The predicted octanol–water partition coefficient (Wildman–Crippen LogP) is 5.62. The zero-order valence-corrected chi connectivity index (χ0v) is 19.6. The number of benzene rings is 2. The molecule has 1 aromatic heterocycles. The van der Waals surface area contributed by atoms with Gasteiger partial charge in [0, 0.05) is 53.2 Å². The third kappa shape index (κ3) is 4.52. The molecule has 3 aromatic rings. The zero-order valence-electron chi connectivity index (χ0n) is 19.6. The number of aryl methyl sites for hydroxylation is 1. The maximum absolute atomic E-state index is 8.77. The van der Waals surface area contributed by atoms with E-state index in [0.29, 0.717) is 17.3 Å². The number of rotatable bonds is 5. The van der Waals surface area contributed by atoms with Gasteiger partial charge in [-0.05, 0) is 79.3 Å². The first-order valence-electron chi connectivity index (χ1n) is 11.9. The molecular formula is C29H31N5. The summed E-state index contributed by atoms with van der Waals surface area (Å²) in [6.07, 6.45) is 6.32. The van der Waals surface area contributed by atoms with Gasteiger partial charge in [-0.2, -0.15) is 0 Å². The van der Waals surface area contributed by atoms with Gasteiger partial charge in [0.05, 0.1) is 5.71 Å². The summed E-state index contributed by atoms with van der Waals surface area (Å²) < 4.78 is 0. The molecule has 2 aromatic carbocycles. The van der Waals surface area contributed by atoms with E-state index in [2.05, 4.69) is 58.2 Å². The maximum atomic E-state index is 8.77. The third-order valence-corrected chi connectivity index (χ3v) is 6.82. The molecule has 5 heteroatoms. The molecule has 1 unspecified atom stereocenters. The van der Waals surface area contributed by atoms with E-state index >= 15 is 0 Å². The molecule has 0 radical (unpaired) electrons. The molecule has 1 atom stereocenters. The molecule has 1 saturated heterocycles. The van der Waals surface area contributed by atoms with E-state index in [-0.39, 0.29) is 0 Å². The van der Waals surface area contributed by atoms with E-state index in [1.165, 1.54) is 17.6 Å². The second kappa shape index (κ2) is 9.27. The maximum Gasteiger partial charge on any atom is 0.0706 e. The van der Waals surface area contributed by atoms with Gasteiger partial charge < -0.3 is 11.1 Å². The fourth-order valence-corrected chi connectivity index (χ4v) is 5.08. The summed E-state index contributed by atoms with van der Waals surface area (Å²) in [6.45, 7) is 9.39. The van der Waals surface area contributed by atoms with Crippen LogP contribution in [-0.2, 0) is 6.54 Å². The molecule has 0 saturated carbocycles. The van der Waals surface area contributed by atoms with Gasteiger partial charge in [0.15, 0.2) is 0 Å².